The summed E-state index contributed by atoms with van der Waals surface area (Å²) in [5, 5.41) is 17.3. The Bertz CT molecular complexity index is 1660. The predicted octanol–water partition coefficient (Wildman–Crippen LogP) is 3.58. The number of rotatable bonds is 4. The van der Waals surface area contributed by atoms with Gasteiger partial charge in [0.2, 0.25) is 5.95 Å². The van der Waals surface area contributed by atoms with Crippen molar-refractivity contribution in [2.75, 3.05) is 56.1 Å². The molecular weight excluding hydrogens is 539 g/mol. The standard InChI is InChI=1S/C32H36ClFN6O/c1-20(26-12-24(41)11-21-5-3-4-6-25(21)26)28(33)13-27-29(14-34)36-31(40-18-32(19-40)9-10-38(2)17-32)37-30(27)39-15-22-7-8-23(16-39)35-22/h3-6,11-14,22-23,35,41H,7-10,15-19H2,1-2H3/b27-13+,28-20-,29-14-. The minimum absolute atomic E-state index is 0.172. The summed E-state index contributed by atoms with van der Waals surface area (Å²) in [5.41, 5.74) is 1.90. The second kappa shape index (κ2) is 10.3. The van der Waals surface area contributed by atoms with Gasteiger partial charge in [-0.25, -0.2) is 9.37 Å². The highest BCUT2D eigenvalue weighted by atomic mass is 35.5. The Hall–Kier alpha value is -3.20. The minimum Gasteiger partial charge on any atom is -0.508 e. The molecule has 9 heteroatoms. The van der Waals surface area contributed by atoms with E-state index in [1.807, 2.05) is 31.2 Å². The van der Waals surface area contributed by atoms with E-state index in [1.54, 1.807) is 18.2 Å². The van der Waals surface area contributed by atoms with Crippen LogP contribution in [0.25, 0.3) is 28.8 Å². The summed E-state index contributed by atoms with van der Waals surface area (Å²) >= 11 is 7.00. The van der Waals surface area contributed by atoms with Gasteiger partial charge in [0.05, 0.1) is 0 Å². The molecule has 3 aromatic rings. The van der Waals surface area contributed by atoms with Crippen molar-refractivity contribution >= 4 is 52.1 Å². The minimum atomic E-state index is 0.172. The number of phenolic OH excluding ortho intramolecular Hbond substituents is 1. The van der Waals surface area contributed by atoms with Crippen LogP contribution in [-0.2, 0) is 0 Å². The Morgan fingerprint density at radius 2 is 1.85 bits per heavy atom. The number of aromatic hydroxyl groups is 1. The van der Waals surface area contributed by atoms with Crippen LogP contribution in [0, 0.1) is 5.41 Å². The van der Waals surface area contributed by atoms with Crippen molar-refractivity contribution in [2.24, 2.45) is 5.41 Å². The van der Waals surface area contributed by atoms with Crippen molar-refractivity contribution in [1.29, 1.82) is 0 Å². The summed E-state index contributed by atoms with van der Waals surface area (Å²) in [4.78, 5) is 16.7. The molecule has 2 bridgehead atoms. The fourth-order valence-electron chi connectivity index (χ4n) is 7.33. The number of anilines is 2. The number of likely N-dealkylation sites (tertiary alicyclic amines) is 1. The van der Waals surface area contributed by atoms with E-state index in [9.17, 15) is 9.50 Å². The van der Waals surface area contributed by atoms with E-state index in [2.05, 4.69) is 27.1 Å². The highest BCUT2D eigenvalue weighted by Crippen LogP contribution is 2.40. The van der Waals surface area contributed by atoms with E-state index in [0.717, 1.165) is 79.8 Å². The van der Waals surface area contributed by atoms with E-state index in [0.29, 0.717) is 34.6 Å². The molecule has 2 unspecified atom stereocenters. The van der Waals surface area contributed by atoms with Gasteiger partial charge < -0.3 is 25.1 Å². The first kappa shape index (κ1) is 26.7. The first-order chi connectivity index (χ1) is 19.8. The maximum absolute atomic E-state index is 14.7. The van der Waals surface area contributed by atoms with Crippen molar-refractivity contribution in [3.8, 4) is 5.75 Å². The van der Waals surface area contributed by atoms with Gasteiger partial charge in [-0.3, -0.25) is 0 Å². The molecule has 4 aliphatic heterocycles. The summed E-state index contributed by atoms with van der Waals surface area (Å²) in [6.45, 7) is 7.52. The van der Waals surface area contributed by atoms with Crippen LogP contribution < -0.4 is 25.7 Å². The summed E-state index contributed by atoms with van der Waals surface area (Å²) in [6, 6.07) is 12.1. The molecule has 1 spiro atoms. The third-order valence-electron chi connectivity index (χ3n) is 9.41. The molecule has 2 N–H and O–H groups in total. The van der Waals surface area contributed by atoms with Crippen LogP contribution in [0.15, 0.2) is 41.4 Å². The van der Waals surface area contributed by atoms with Crippen molar-refractivity contribution in [3.05, 3.63) is 57.6 Å². The molecule has 2 aromatic carbocycles. The zero-order valence-corrected chi connectivity index (χ0v) is 24.3. The van der Waals surface area contributed by atoms with E-state index in [-0.39, 0.29) is 16.5 Å². The number of nitrogens with one attached hydrogen (secondary N) is 1. The smallest absolute Gasteiger partial charge is 0.228 e. The largest absolute Gasteiger partial charge is 0.508 e. The molecule has 4 saturated heterocycles. The zero-order valence-electron chi connectivity index (χ0n) is 23.6. The molecule has 0 aliphatic carbocycles. The average Bonchev–Trinajstić information content (AvgIpc) is 3.52. The summed E-state index contributed by atoms with van der Waals surface area (Å²) in [5.74, 6) is 1.49. The molecule has 214 valence electrons. The SMILES string of the molecule is C\C(=C(Cl)/C=c1/c(N2CC3CCC(C2)N3)nc(N2CC3(CCN(C)C3)C2)n/c1=C\F)c1cc(O)cc2ccccc12. The fourth-order valence-corrected chi connectivity index (χ4v) is 7.54. The highest BCUT2D eigenvalue weighted by molar-refractivity contribution is 6.37. The van der Waals surface area contributed by atoms with Gasteiger partial charge in [0.1, 0.15) is 23.2 Å². The normalized spacial score (nSPS) is 25.4. The van der Waals surface area contributed by atoms with Gasteiger partial charge in [-0.2, -0.15) is 4.98 Å². The Morgan fingerprint density at radius 3 is 2.56 bits per heavy atom. The van der Waals surface area contributed by atoms with Crippen molar-refractivity contribution in [2.45, 2.75) is 38.3 Å². The lowest BCUT2D eigenvalue weighted by Crippen LogP contribution is -2.59. The van der Waals surface area contributed by atoms with Crippen LogP contribution in [0.4, 0.5) is 16.2 Å². The molecular formula is C32H36ClFN6O. The number of allylic oxidation sites excluding steroid dienone is 2. The van der Waals surface area contributed by atoms with Crippen LogP contribution in [0.1, 0.15) is 31.7 Å². The number of piperazine rings is 1. The van der Waals surface area contributed by atoms with Crippen LogP contribution in [0.2, 0.25) is 0 Å². The van der Waals surface area contributed by atoms with Crippen molar-refractivity contribution < 1.29 is 9.50 Å². The molecule has 0 saturated carbocycles. The van der Waals surface area contributed by atoms with Crippen molar-refractivity contribution in [1.82, 2.24) is 20.2 Å². The topological polar surface area (TPSA) is 67.8 Å². The van der Waals surface area contributed by atoms with Gasteiger partial charge >= 0.3 is 0 Å². The molecule has 0 amide bonds. The molecule has 0 radical (unpaired) electrons. The van der Waals surface area contributed by atoms with Crippen LogP contribution in [0.5, 0.6) is 5.75 Å². The third-order valence-corrected chi connectivity index (χ3v) is 9.80. The molecule has 2 atom stereocenters. The van der Waals surface area contributed by atoms with E-state index in [4.69, 9.17) is 21.6 Å². The lowest BCUT2D eigenvalue weighted by molar-refractivity contribution is 0.215. The molecule has 4 fully saturated rings. The van der Waals surface area contributed by atoms with E-state index >= 15 is 0 Å². The highest BCUT2D eigenvalue weighted by Gasteiger charge is 2.47. The quantitative estimate of drug-likeness (QED) is 0.494. The monoisotopic (exact) mass is 574 g/mol. The summed E-state index contributed by atoms with van der Waals surface area (Å²) in [7, 11) is 2.17. The zero-order chi connectivity index (χ0) is 28.3. The van der Waals surface area contributed by atoms with E-state index < -0.39 is 0 Å². The molecule has 5 heterocycles. The lowest BCUT2D eigenvalue weighted by Gasteiger charge is -2.48. The average molecular weight is 575 g/mol. The lowest BCUT2D eigenvalue weighted by atomic mass is 9.79. The van der Waals surface area contributed by atoms with Crippen LogP contribution >= 0.6 is 11.6 Å². The Balaban J connectivity index is 1.34. The Kier molecular flexibility index (Phi) is 6.68. The fraction of sp³-hybridized carbons (Fsp3) is 0.438. The number of hydrogen-bond donors (Lipinski definition) is 2. The number of phenols is 1. The molecule has 7 nitrogen and oxygen atoms in total. The van der Waals surface area contributed by atoms with Gasteiger partial charge in [-0.1, -0.05) is 35.9 Å². The first-order valence-electron chi connectivity index (χ1n) is 14.5. The van der Waals surface area contributed by atoms with Crippen molar-refractivity contribution in [3.63, 3.8) is 0 Å². The molecule has 4 aliphatic rings. The van der Waals surface area contributed by atoms with Gasteiger partial charge in [0.15, 0.2) is 0 Å². The first-order valence-corrected chi connectivity index (χ1v) is 14.9. The van der Waals surface area contributed by atoms with Crippen LogP contribution in [0.3, 0.4) is 0 Å². The number of benzene rings is 2. The second-order valence-electron chi connectivity index (χ2n) is 12.5. The maximum Gasteiger partial charge on any atom is 0.228 e. The van der Waals surface area contributed by atoms with Gasteiger partial charge in [0, 0.05) is 60.5 Å². The van der Waals surface area contributed by atoms with Gasteiger partial charge in [-0.15, -0.1) is 0 Å². The number of aromatic nitrogens is 2. The summed E-state index contributed by atoms with van der Waals surface area (Å²) in [6.07, 6.45) is 5.82. The number of halogens is 2. The molecule has 41 heavy (non-hydrogen) atoms. The predicted molar refractivity (Wildman–Crippen MR) is 164 cm³/mol. The maximum atomic E-state index is 14.7. The third kappa shape index (κ3) is 4.86. The molecule has 7 rings (SSSR count). The van der Waals surface area contributed by atoms with Gasteiger partial charge in [0.25, 0.3) is 0 Å². The number of nitrogens with zero attached hydrogens (tertiary/aromatic N) is 5. The van der Waals surface area contributed by atoms with Crippen LogP contribution in [-0.4, -0.2) is 78.4 Å². The number of hydrogen-bond acceptors (Lipinski definition) is 7. The second-order valence-corrected chi connectivity index (χ2v) is 12.9. The van der Waals surface area contributed by atoms with Gasteiger partial charge in [-0.05, 0) is 79.9 Å². The Labute approximate surface area is 244 Å². The Morgan fingerprint density at radius 1 is 1.10 bits per heavy atom. The van der Waals surface area contributed by atoms with E-state index in [1.165, 1.54) is 6.42 Å². The summed E-state index contributed by atoms with van der Waals surface area (Å²) < 4.78 is 14.7. The number of fused-ring (bicyclic) bond motifs is 3. The molecule has 1 aromatic heterocycles.